The third kappa shape index (κ3) is 5.05. The highest BCUT2D eigenvalue weighted by Crippen LogP contribution is 2.36. The van der Waals surface area contributed by atoms with Gasteiger partial charge in [0.1, 0.15) is 23.7 Å². The molecule has 4 aromatic rings. The topological polar surface area (TPSA) is 75.7 Å². The maximum atomic E-state index is 13.3. The molecule has 0 atom stereocenters. The highest BCUT2D eigenvalue weighted by atomic mass is 79.9. The lowest BCUT2D eigenvalue weighted by atomic mass is 10.1. The number of urea groups is 1. The number of hydrogen-bond acceptors (Lipinski definition) is 4. The molecule has 0 aliphatic carbocycles. The molecule has 37 heavy (non-hydrogen) atoms. The number of carbonyl (C=O) groups is 3. The zero-order valence-corrected chi connectivity index (χ0v) is 22.2. The van der Waals surface area contributed by atoms with Crippen LogP contribution in [0.3, 0.4) is 0 Å². The lowest BCUT2D eigenvalue weighted by molar-refractivity contribution is -0.122. The number of halogens is 3. The van der Waals surface area contributed by atoms with Gasteiger partial charge in [0.15, 0.2) is 0 Å². The Bertz CT molecular complexity index is 1570. The number of fused-ring (bicyclic) bond motifs is 1. The first-order chi connectivity index (χ1) is 17.8. The first kappa shape index (κ1) is 24.9. The summed E-state index contributed by atoms with van der Waals surface area (Å²) in [7, 11) is 0. The van der Waals surface area contributed by atoms with Crippen LogP contribution < -0.4 is 15.0 Å². The molecule has 6 nitrogen and oxygen atoms in total. The first-order valence-electron chi connectivity index (χ1n) is 11.1. The molecule has 1 aliphatic rings. The Morgan fingerprint density at radius 1 is 0.892 bits per heavy atom. The number of hydrogen-bond donors (Lipinski definition) is 1. The molecule has 0 saturated carbocycles. The zero-order valence-electron chi connectivity index (χ0n) is 19.0. The molecule has 0 unspecified atom stereocenters. The molecule has 4 aromatic carbocycles. The smallest absolute Gasteiger partial charge is 0.335 e. The van der Waals surface area contributed by atoms with Crippen LogP contribution in [0, 0.1) is 5.82 Å². The summed E-state index contributed by atoms with van der Waals surface area (Å²) < 4.78 is 20.6. The summed E-state index contributed by atoms with van der Waals surface area (Å²) in [6.07, 6.45) is 1.38. The molecule has 9 heteroatoms. The van der Waals surface area contributed by atoms with Crippen LogP contribution in [0.4, 0.5) is 14.9 Å². The van der Waals surface area contributed by atoms with Crippen molar-refractivity contribution in [2.24, 2.45) is 0 Å². The SMILES string of the molecule is O=C1NC(=O)N(c2ccc(F)cc2)C(=O)/C1=C/c1cc(Br)c(OCc2cccc3ccccc23)c(Br)c1. The van der Waals surface area contributed by atoms with Crippen molar-refractivity contribution in [3.8, 4) is 5.75 Å². The number of nitrogens with zero attached hydrogens (tertiary/aromatic N) is 1. The minimum absolute atomic E-state index is 0.141. The number of ether oxygens (including phenoxy) is 1. The summed E-state index contributed by atoms with van der Waals surface area (Å²) in [6.45, 7) is 0.328. The van der Waals surface area contributed by atoms with E-state index < -0.39 is 23.7 Å². The maximum Gasteiger partial charge on any atom is 0.335 e. The highest BCUT2D eigenvalue weighted by Gasteiger charge is 2.36. The van der Waals surface area contributed by atoms with Gasteiger partial charge in [-0.05, 0) is 96.2 Å². The monoisotopic (exact) mass is 622 g/mol. The predicted octanol–water partition coefficient (Wildman–Crippen LogP) is 6.75. The molecular formula is C28H17Br2FN2O4. The molecule has 184 valence electrons. The number of barbiturate groups is 1. The van der Waals surface area contributed by atoms with E-state index in [9.17, 15) is 18.8 Å². The number of benzene rings is 4. The summed E-state index contributed by atoms with van der Waals surface area (Å²) in [5.41, 5.74) is 1.44. The molecule has 0 spiro atoms. The van der Waals surface area contributed by atoms with Gasteiger partial charge in [-0.15, -0.1) is 0 Å². The van der Waals surface area contributed by atoms with E-state index in [2.05, 4.69) is 37.2 Å². The van der Waals surface area contributed by atoms with E-state index >= 15 is 0 Å². The molecular weight excluding hydrogens is 607 g/mol. The maximum absolute atomic E-state index is 13.3. The number of nitrogens with one attached hydrogen (secondary N) is 1. The second-order valence-electron chi connectivity index (χ2n) is 8.17. The summed E-state index contributed by atoms with van der Waals surface area (Å²) in [5.74, 6) is -1.60. The molecule has 0 aromatic heterocycles. The van der Waals surface area contributed by atoms with Gasteiger partial charge < -0.3 is 4.74 Å². The van der Waals surface area contributed by atoms with Crippen LogP contribution in [0.25, 0.3) is 16.8 Å². The van der Waals surface area contributed by atoms with Crippen molar-refractivity contribution in [2.45, 2.75) is 6.61 Å². The van der Waals surface area contributed by atoms with Crippen LogP contribution >= 0.6 is 31.9 Å². The molecule has 1 fully saturated rings. The van der Waals surface area contributed by atoms with Crippen LogP contribution in [-0.2, 0) is 16.2 Å². The average Bonchev–Trinajstić information content (AvgIpc) is 2.87. The van der Waals surface area contributed by atoms with Gasteiger partial charge >= 0.3 is 6.03 Å². The van der Waals surface area contributed by atoms with Crippen molar-refractivity contribution in [1.29, 1.82) is 0 Å². The number of amides is 4. The van der Waals surface area contributed by atoms with E-state index in [0.29, 0.717) is 26.9 Å². The van der Waals surface area contributed by atoms with E-state index in [1.165, 1.54) is 18.2 Å². The van der Waals surface area contributed by atoms with Crippen molar-refractivity contribution < 1.29 is 23.5 Å². The van der Waals surface area contributed by atoms with E-state index in [1.807, 2.05) is 42.5 Å². The van der Waals surface area contributed by atoms with Crippen LogP contribution in [-0.4, -0.2) is 17.8 Å². The van der Waals surface area contributed by atoms with Gasteiger partial charge in [0.05, 0.1) is 14.6 Å². The van der Waals surface area contributed by atoms with E-state index in [0.717, 1.165) is 33.4 Å². The van der Waals surface area contributed by atoms with Crippen LogP contribution in [0.5, 0.6) is 5.75 Å². The van der Waals surface area contributed by atoms with Gasteiger partial charge in [-0.2, -0.15) is 0 Å². The first-order valence-corrected chi connectivity index (χ1v) is 12.7. The fourth-order valence-corrected chi connectivity index (χ4v) is 5.47. The second-order valence-corrected chi connectivity index (χ2v) is 9.88. The summed E-state index contributed by atoms with van der Waals surface area (Å²) in [5, 5.41) is 4.37. The van der Waals surface area contributed by atoms with Gasteiger partial charge in [-0.1, -0.05) is 42.5 Å². The van der Waals surface area contributed by atoms with Crippen molar-refractivity contribution >= 4 is 72.2 Å². The number of imide groups is 2. The second kappa shape index (κ2) is 10.3. The van der Waals surface area contributed by atoms with Gasteiger partial charge in [0.2, 0.25) is 0 Å². The van der Waals surface area contributed by atoms with Gasteiger partial charge in [-0.25, -0.2) is 14.1 Å². The largest absolute Gasteiger partial charge is 0.487 e. The van der Waals surface area contributed by atoms with Crippen molar-refractivity contribution in [3.63, 3.8) is 0 Å². The molecule has 5 rings (SSSR count). The van der Waals surface area contributed by atoms with Crippen LogP contribution in [0.15, 0.2) is 93.4 Å². The molecule has 0 bridgehead atoms. The third-order valence-corrected chi connectivity index (χ3v) is 6.95. The summed E-state index contributed by atoms with van der Waals surface area (Å²) in [6, 6.07) is 21.4. The lowest BCUT2D eigenvalue weighted by Gasteiger charge is -2.26. The Kier molecular flexibility index (Phi) is 6.90. The van der Waals surface area contributed by atoms with Gasteiger partial charge in [-0.3, -0.25) is 14.9 Å². The third-order valence-electron chi connectivity index (χ3n) is 5.77. The average molecular weight is 624 g/mol. The minimum atomic E-state index is -0.904. The predicted molar refractivity (Wildman–Crippen MR) is 146 cm³/mol. The van der Waals surface area contributed by atoms with Crippen molar-refractivity contribution in [2.75, 3.05) is 4.90 Å². The number of carbonyl (C=O) groups excluding carboxylic acids is 3. The minimum Gasteiger partial charge on any atom is -0.487 e. The van der Waals surface area contributed by atoms with Gasteiger partial charge in [0.25, 0.3) is 11.8 Å². The molecule has 0 radical (unpaired) electrons. The normalized spacial score (nSPS) is 14.8. The fourth-order valence-electron chi connectivity index (χ4n) is 4.02. The van der Waals surface area contributed by atoms with Crippen LogP contribution in [0.1, 0.15) is 11.1 Å². The Morgan fingerprint density at radius 3 is 2.30 bits per heavy atom. The number of anilines is 1. The molecule has 1 N–H and O–H groups in total. The number of rotatable bonds is 5. The molecule has 1 saturated heterocycles. The van der Waals surface area contributed by atoms with Crippen LogP contribution in [0.2, 0.25) is 0 Å². The zero-order chi connectivity index (χ0) is 26.1. The fraction of sp³-hybridized carbons (Fsp3) is 0.0357. The molecule has 1 heterocycles. The Labute approximate surface area is 228 Å². The van der Waals surface area contributed by atoms with E-state index in [1.54, 1.807) is 12.1 Å². The molecule has 1 aliphatic heterocycles. The van der Waals surface area contributed by atoms with Crippen molar-refractivity contribution in [3.05, 3.63) is 110 Å². The van der Waals surface area contributed by atoms with E-state index in [4.69, 9.17) is 4.74 Å². The summed E-state index contributed by atoms with van der Waals surface area (Å²) >= 11 is 7.02. The van der Waals surface area contributed by atoms with Gasteiger partial charge in [0, 0.05) is 0 Å². The Hall–Kier alpha value is -3.82. The Balaban J connectivity index is 1.41. The lowest BCUT2D eigenvalue weighted by Crippen LogP contribution is -2.54. The quantitative estimate of drug-likeness (QED) is 0.197. The standard InChI is InChI=1S/C28H17Br2FN2O4/c29-23-13-16(12-22-26(34)32-28(36)33(27(22)35)20-10-8-19(31)9-11-20)14-24(30)25(23)37-15-18-6-3-5-17-4-1-2-7-21(17)18/h1-14H,15H2,(H,32,34,36)/b22-12+. The highest BCUT2D eigenvalue weighted by molar-refractivity contribution is 9.11. The van der Waals surface area contributed by atoms with Crippen molar-refractivity contribution in [1.82, 2.24) is 5.32 Å². The Morgan fingerprint density at radius 2 is 1.57 bits per heavy atom. The molecule has 4 amide bonds. The summed E-state index contributed by atoms with van der Waals surface area (Å²) in [4.78, 5) is 38.7. The van der Waals surface area contributed by atoms with E-state index in [-0.39, 0.29) is 11.3 Å².